The van der Waals surface area contributed by atoms with E-state index >= 15 is 0 Å². The van der Waals surface area contributed by atoms with Crippen molar-refractivity contribution < 1.29 is 35.9 Å². The highest BCUT2D eigenvalue weighted by Gasteiger charge is 2.34. The third kappa shape index (κ3) is 8.26. The maximum atomic E-state index is 13.5. The Balaban J connectivity index is 2.51. The molecule has 0 spiro atoms. The Morgan fingerprint density at radius 3 is 2.30 bits per heavy atom. The van der Waals surface area contributed by atoms with Crippen LogP contribution in [-0.2, 0) is 32.3 Å². The second kappa shape index (κ2) is 12.0. The molecule has 204 valence electrons. The molecule has 0 aromatic heterocycles. The number of carbonyl (C=O) groups excluding carboxylic acids is 2. The van der Waals surface area contributed by atoms with Gasteiger partial charge in [-0.25, -0.2) is 8.42 Å². The molecule has 0 aliphatic carbocycles. The molecular formula is C24H29ClF3N3O5S. The number of anilines is 1. The fourth-order valence-corrected chi connectivity index (χ4v) is 4.55. The molecule has 13 heteroatoms. The van der Waals surface area contributed by atoms with Crippen LogP contribution in [0.2, 0.25) is 5.02 Å². The van der Waals surface area contributed by atoms with Gasteiger partial charge in [-0.3, -0.25) is 13.9 Å². The van der Waals surface area contributed by atoms with Gasteiger partial charge in [-0.05, 0) is 56.7 Å². The number of nitrogens with one attached hydrogen (secondary N) is 1. The Morgan fingerprint density at radius 1 is 1.11 bits per heavy atom. The molecule has 0 heterocycles. The van der Waals surface area contributed by atoms with E-state index in [4.69, 9.17) is 16.3 Å². The lowest BCUT2D eigenvalue weighted by atomic mass is 10.1. The third-order valence-electron chi connectivity index (χ3n) is 5.31. The molecule has 37 heavy (non-hydrogen) atoms. The quantitative estimate of drug-likeness (QED) is 0.470. The molecule has 2 amide bonds. The topological polar surface area (TPSA) is 96.0 Å². The molecule has 2 aromatic carbocycles. The highest BCUT2D eigenvalue weighted by atomic mass is 35.5. The van der Waals surface area contributed by atoms with Crippen LogP contribution in [0.25, 0.3) is 0 Å². The Labute approximate surface area is 219 Å². The molecule has 2 rings (SSSR count). The van der Waals surface area contributed by atoms with Crippen molar-refractivity contribution in [3.8, 4) is 5.75 Å². The number of sulfonamides is 1. The summed E-state index contributed by atoms with van der Waals surface area (Å²) in [5.74, 6) is -0.819. The van der Waals surface area contributed by atoms with Crippen LogP contribution in [0.1, 0.15) is 31.9 Å². The van der Waals surface area contributed by atoms with Crippen molar-refractivity contribution in [1.82, 2.24) is 10.2 Å². The summed E-state index contributed by atoms with van der Waals surface area (Å²) in [6.45, 7) is 3.96. The lowest BCUT2D eigenvalue weighted by molar-refractivity contribution is -0.139. The Hall–Kier alpha value is -2.99. The van der Waals surface area contributed by atoms with Crippen molar-refractivity contribution >= 4 is 39.1 Å². The smallest absolute Gasteiger partial charge is 0.416 e. The van der Waals surface area contributed by atoms with Crippen molar-refractivity contribution in [2.75, 3.05) is 24.2 Å². The fraction of sp³-hybridized carbons (Fsp3) is 0.417. The largest absolute Gasteiger partial charge is 0.497 e. The van der Waals surface area contributed by atoms with Gasteiger partial charge < -0.3 is 15.0 Å². The van der Waals surface area contributed by atoms with Gasteiger partial charge in [0, 0.05) is 12.6 Å². The number of ether oxygens (including phenoxy) is 1. The number of methoxy groups -OCH3 is 1. The van der Waals surface area contributed by atoms with Gasteiger partial charge in [-0.1, -0.05) is 23.7 Å². The van der Waals surface area contributed by atoms with E-state index in [1.807, 2.05) is 0 Å². The summed E-state index contributed by atoms with van der Waals surface area (Å²) in [6, 6.07) is 7.61. The Morgan fingerprint density at radius 2 is 1.76 bits per heavy atom. The van der Waals surface area contributed by atoms with E-state index in [2.05, 4.69) is 5.32 Å². The van der Waals surface area contributed by atoms with Crippen molar-refractivity contribution in [1.29, 1.82) is 0 Å². The van der Waals surface area contributed by atoms with E-state index in [0.717, 1.165) is 17.2 Å². The van der Waals surface area contributed by atoms with Gasteiger partial charge >= 0.3 is 6.18 Å². The number of alkyl halides is 3. The molecule has 8 nitrogen and oxygen atoms in total. The van der Waals surface area contributed by atoms with Crippen molar-refractivity contribution in [3.63, 3.8) is 0 Å². The van der Waals surface area contributed by atoms with E-state index in [1.165, 1.54) is 14.0 Å². The molecule has 0 bridgehead atoms. The number of benzene rings is 2. The number of hydrogen-bond acceptors (Lipinski definition) is 5. The summed E-state index contributed by atoms with van der Waals surface area (Å²) < 4.78 is 70.9. The summed E-state index contributed by atoms with van der Waals surface area (Å²) in [5, 5.41) is 2.40. The highest BCUT2D eigenvalue weighted by Crippen LogP contribution is 2.36. The molecule has 2 aromatic rings. The SMILES string of the molecule is COc1cccc(CN(C(=O)CN(c2cc(C(F)(F)F)ccc2Cl)S(C)(=O)=O)[C@@H](C)C(=O)NC(C)C)c1. The number of rotatable bonds is 10. The normalized spacial score (nSPS) is 12.7. The van der Waals surface area contributed by atoms with Gasteiger partial charge in [0.1, 0.15) is 18.3 Å². The first-order chi connectivity index (χ1) is 17.0. The first-order valence-electron chi connectivity index (χ1n) is 11.1. The molecule has 1 atom stereocenters. The van der Waals surface area contributed by atoms with Crippen LogP contribution in [0.5, 0.6) is 5.75 Å². The van der Waals surface area contributed by atoms with Gasteiger partial charge in [0.25, 0.3) is 0 Å². The molecule has 0 fully saturated rings. The minimum Gasteiger partial charge on any atom is -0.497 e. The lowest BCUT2D eigenvalue weighted by Gasteiger charge is -2.32. The average molecular weight is 564 g/mol. The maximum absolute atomic E-state index is 13.5. The Bertz CT molecular complexity index is 1240. The van der Waals surface area contributed by atoms with Crippen LogP contribution < -0.4 is 14.4 Å². The zero-order chi connectivity index (χ0) is 28.1. The van der Waals surface area contributed by atoms with Gasteiger partial charge in [-0.15, -0.1) is 0 Å². The number of nitrogens with zero attached hydrogens (tertiary/aromatic N) is 2. The molecule has 0 saturated heterocycles. The van der Waals surface area contributed by atoms with E-state index in [-0.39, 0.29) is 17.6 Å². The molecule has 0 radical (unpaired) electrons. The summed E-state index contributed by atoms with van der Waals surface area (Å²) >= 11 is 6.07. The Kier molecular flexibility index (Phi) is 9.84. The van der Waals surface area contributed by atoms with E-state index in [1.54, 1.807) is 38.1 Å². The van der Waals surface area contributed by atoms with Gasteiger partial charge in [-0.2, -0.15) is 13.2 Å². The zero-order valence-corrected chi connectivity index (χ0v) is 22.5. The summed E-state index contributed by atoms with van der Waals surface area (Å²) in [5.41, 5.74) is -1.06. The van der Waals surface area contributed by atoms with Gasteiger partial charge in [0.15, 0.2) is 0 Å². The summed E-state index contributed by atoms with van der Waals surface area (Å²) in [4.78, 5) is 27.4. The zero-order valence-electron chi connectivity index (χ0n) is 21.0. The van der Waals surface area contributed by atoms with E-state index in [9.17, 15) is 31.2 Å². The first-order valence-corrected chi connectivity index (χ1v) is 13.3. The van der Waals surface area contributed by atoms with Crippen LogP contribution in [0.4, 0.5) is 18.9 Å². The van der Waals surface area contributed by atoms with Crippen LogP contribution in [0.3, 0.4) is 0 Å². The van der Waals surface area contributed by atoms with Gasteiger partial charge in [0.05, 0.1) is 29.6 Å². The lowest BCUT2D eigenvalue weighted by Crippen LogP contribution is -2.52. The van der Waals surface area contributed by atoms with Crippen LogP contribution in [-0.4, -0.2) is 57.1 Å². The highest BCUT2D eigenvalue weighted by molar-refractivity contribution is 7.92. The number of carbonyl (C=O) groups is 2. The molecule has 0 aliphatic heterocycles. The van der Waals surface area contributed by atoms with Crippen LogP contribution in [0, 0.1) is 0 Å². The van der Waals surface area contributed by atoms with Crippen molar-refractivity contribution in [2.45, 2.75) is 45.6 Å². The van der Waals surface area contributed by atoms with Crippen molar-refractivity contribution in [3.05, 3.63) is 58.6 Å². The molecular weight excluding hydrogens is 535 g/mol. The summed E-state index contributed by atoms with van der Waals surface area (Å²) in [6.07, 6.45) is -4.02. The molecule has 0 saturated carbocycles. The second-order valence-corrected chi connectivity index (χ2v) is 11.0. The van der Waals surface area contributed by atoms with E-state index in [0.29, 0.717) is 27.8 Å². The maximum Gasteiger partial charge on any atom is 0.416 e. The monoisotopic (exact) mass is 563 g/mol. The second-order valence-electron chi connectivity index (χ2n) is 8.65. The fourth-order valence-electron chi connectivity index (χ4n) is 3.43. The molecule has 1 N–H and O–H groups in total. The van der Waals surface area contributed by atoms with Crippen LogP contribution in [0.15, 0.2) is 42.5 Å². The predicted molar refractivity (Wildman–Crippen MR) is 135 cm³/mol. The van der Waals surface area contributed by atoms with Crippen LogP contribution >= 0.6 is 11.6 Å². The predicted octanol–water partition coefficient (Wildman–Crippen LogP) is 4.08. The minimum atomic E-state index is -4.77. The average Bonchev–Trinajstić information content (AvgIpc) is 2.79. The number of hydrogen-bond donors (Lipinski definition) is 1. The summed E-state index contributed by atoms with van der Waals surface area (Å²) in [7, 11) is -2.80. The van der Waals surface area contributed by atoms with Crippen molar-refractivity contribution in [2.24, 2.45) is 0 Å². The third-order valence-corrected chi connectivity index (χ3v) is 6.75. The number of halogens is 4. The first kappa shape index (κ1) is 30.2. The molecule has 0 aliphatic rings. The minimum absolute atomic E-state index is 0.101. The molecule has 0 unspecified atom stereocenters. The van der Waals surface area contributed by atoms with Gasteiger partial charge in [0.2, 0.25) is 21.8 Å². The standard InChI is InChI=1S/C24H29ClF3N3O5S/c1-15(2)29-23(33)16(3)30(13-17-7-6-8-19(11-17)36-4)22(32)14-31(37(5,34)35)21-12-18(24(26,27)28)9-10-20(21)25/h6-12,15-16H,13-14H2,1-5H3,(H,29,33)/t16-/m0/s1. The number of amides is 2. The van der Waals surface area contributed by atoms with E-state index < -0.39 is 51.9 Å².